The molecule has 0 radical (unpaired) electrons. The Kier molecular flexibility index (Phi) is 2.28. The molecule has 0 amide bonds. The number of nitrogens with zero attached hydrogens (tertiary/aromatic N) is 1. The van der Waals surface area contributed by atoms with E-state index in [0.717, 1.165) is 10.8 Å². The van der Waals surface area contributed by atoms with Crippen LogP contribution in [0.25, 0.3) is 0 Å². The predicted molar refractivity (Wildman–Crippen MR) is 45.5 cm³/mol. The largest absolute Gasteiger partial charge is 0.284 e. The minimum atomic E-state index is 0.608. The zero-order valence-electron chi connectivity index (χ0n) is 6.49. The van der Waals surface area contributed by atoms with E-state index in [2.05, 4.69) is 6.58 Å². The van der Waals surface area contributed by atoms with Crippen molar-refractivity contribution < 1.29 is 5.21 Å². The molecule has 0 saturated carbocycles. The highest BCUT2D eigenvalue weighted by Gasteiger charge is 1.99. The number of allylic oxidation sites excluding steroid dienone is 1. The maximum atomic E-state index is 9.33. The van der Waals surface area contributed by atoms with Crippen LogP contribution in [-0.2, 0) is 0 Å². The molecule has 1 rings (SSSR count). The Balaban J connectivity index is 2.85. The minimum absolute atomic E-state index is 0.608. The molecule has 2 heteroatoms. The van der Waals surface area contributed by atoms with Crippen molar-refractivity contribution in [3.63, 3.8) is 0 Å². The Morgan fingerprint density at radius 3 is 2.36 bits per heavy atom. The van der Waals surface area contributed by atoms with Gasteiger partial charge < -0.3 is 0 Å². The summed E-state index contributed by atoms with van der Waals surface area (Å²) in [5, 5.41) is 10.4. The van der Waals surface area contributed by atoms with E-state index >= 15 is 0 Å². The molecule has 1 aromatic rings. The van der Waals surface area contributed by atoms with Crippen molar-refractivity contribution in [1.82, 2.24) is 0 Å². The van der Waals surface area contributed by atoms with Gasteiger partial charge in [0.25, 0.3) is 0 Å². The van der Waals surface area contributed by atoms with E-state index in [-0.39, 0.29) is 0 Å². The highest BCUT2D eigenvalue weighted by atomic mass is 16.5. The van der Waals surface area contributed by atoms with Crippen LogP contribution in [0.1, 0.15) is 6.92 Å². The van der Waals surface area contributed by atoms with E-state index in [1.54, 1.807) is 6.92 Å². The van der Waals surface area contributed by atoms with E-state index in [9.17, 15) is 5.21 Å². The highest BCUT2D eigenvalue weighted by molar-refractivity contribution is 5.47. The summed E-state index contributed by atoms with van der Waals surface area (Å²) in [6.07, 6.45) is 0. The standard InChI is InChI=1S/C9H11NO/c1-8(2)10(11)9-6-4-3-5-7-9/h3-7,11H,1H2,2H3. The van der Waals surface area contributed by atoms with Crippen LogP contribution in [-0.4, -0.2) is 5.21 Å². The normalized spacial score (nSPS) is 9.27. The van der Waals surface area contributed by atoms with Gasteiger partial charge in [0, 0.05) is 5.70 Å². The monoisotopic (exact) mass is 149 g/mol. The zero-order valence-corrected chi connectivity index (χ0v) is 6.49. The van der Waals surface area contributed by atoms with Crippen LogP contribution >= 0.6 is 0 Å². The lowest BCUT2D eigenvalue weighted by Gasteiger charge is -2.15. The molecule has 11 heavy (non-hydrogen) atoms. The third-order valence-electron chi connectivity index (χ3n) is 1.36. The van der Waals surface area contributed by atoms with Crippen molar-refractivity contribution >= 4 is 5.69 Å². The SMILES string of the molecule is C=C(C)N(O)c1ccccc1. The summed E-state index contributed by atoms with van der Waals surface area (Å²) in [7, 11) is 0. The summed E-state index contributed by atoms with van der Waals surface area (Å²) >= 11 is 0. The van der Waals surface area contributed by atoms with Crippen LogP contribution in [0.4, 0.5) is 5.69 Å². The molecule has 0 spiro atoms. The van der Waals surface area contributed by atoms with Gasteiger partial charge in [0.05, 0.1) is 5.69 Å². The van der Waals surface area contributed by atoms with Crippen molar-refractivity contribution in [2.45, 2.75) is 6.92 Å². The van der Waals surface area contributed by atoms with Gasteiger partial charge >= 0.3 is 0 Å². The number of para-hydroxylation sites is 1. The lowest BCUT2D eigenvalue weighted by Crippen LogP contribution is -2.13. The first-order chi connectivity index (χ1) is 5.22. The summed E-state index contributed by atoms with van der Waals surface area (Å²) < 4.78 is 0. The van der Waals surface area contributed by atoms with E-state index in [1.807, 2.05) is 30.3 Å². The smallest absolute Gasteiger partial charge is 0.0688 e. The van der Waals surface area contributed by atoms with Crippen molar-refractivity contribution in [3.8, 4) is 0 Å². The minimum Gasteiger partial charge on any atom is -0.284 e. The molecule has 0 aromatic heterocycles. The second-order valence-electron chi connectivity index (χ2n) is 2.38. The number of rotatable bonds is 2. The van der Waals surface area contributed by atoms with Crippen molar-refractivity contribution in [3.05, 3.63) is 42.6 Å². The average Bonchev–Trinajstić information content (AvgIpc) is 2.05. The van der Waals surface area contributed by atoms with Gasteiger partial charge in [-0.25, -0.2) is 5.06 Å². The van der Waals surface area contributed by atoms with Gasteiger partial charge in [-0.1, -0.05) is 24.8 Å². The lowest BCUT2D eigenvalue weighted by atomic mass is 10.3. The van der Waals surface area contributed by atoms with Gasteiger partial charge in [0.15, 0.2) is 0 Å². The molecule has 0 atom stereocenters. The van der Waals surface area contributed by atoms with Gasteiger partial charge in [-0.3, -0.25) is 5.21 Å². The molecular formula is C9H11NO. The maximum absolute atomic E-state index is 9.33. The maximum Gasteiger partial charge on any atom is 0.0688 e. The van der Waals surface area contributed by atoms with Gasteiger partial charge in [0.1, 0.15) is 0 Å². The van der Waals surface area contributed by atoms with Crippen LogP contribution in [0, 0.1) is 0 Å². The molecule has 1 aromatic carbocycles. The van der Waals surface area contributed by atoms with E-state index in [1.165, 1.54) is 0 Å². The second-order valence-corrected chi connectivity index (χ2v) is 2.38. The third kappa shape index (κ3) is 1.82. The fraction of sp³-hybridized carbons (Fsp3) is 0.111. The van der Waals surface area contributed by atoms with Gasteiger partial charge in [0.2, 0.25) is 0 Å². The molecule has 2 nitrogen and oxygen atoms in total. The molecule has 0 aliphatic heterocycles. The number of benzene rings is 1. The molecule has 0 aliphatic carbocycles. The summed E-state index contributed by atoms with van der Waals surface area (Å²) in [6.45, 7) is 5.35. The third-order valence-corrected chi connectivity index (χ3v) is 1.36. The molecule has 0 aliphatic rings. The van der Waals surface area contributed by atoms with Crippen LogP contribution < -0.4 is 5.06 Å². The molecule has 0 heterocycles. The summed E-state index contributed by atoms with van der Waals surface area (Å²) in [4.78, 5) is 0. The van der Waals surface area contributed by atoms with Crippen LogP contribution in [0.15, 0.2) is 42.6 Å². The number of hydrogen-bond acceptors (Lipinski definition) is 2. The van der Waals surface area contributed by atoms with Crippen molar-refractivity contribution in [1.29, 1.82) is 0 Å². The first-order valence-electron chi connectivity index (χ1n) is 3.41. The Labute approximate surface area is 66.3 Å². The Morgan fingerprint density at radius 2 is 1.91 bits per heavy atom. The highest BCUT2D eigenvalue weighted by Crippen LogP contribution is 2.13. The lowest BCUT2D eigenvalue weighted by molar-refractivity contribution is 0.284. The molecule has 0 unspecified atom stereocenters. The second kappa shape index (κ2) is 3.21. The predicted octanol–water partition coefficient (Wildman–Crippen LogP) is 2.42. The van der Waals surface area contributed by atoms with Crippen LogP contribution in [0.5, 0.6) is 0 Å². The van der Waals surface area contributed by atoms with E-state index in [0.29, 0.717) is 5.70 Å². The number of anilines is 1. The summed E-state index contributed by atoms with van der Waals surface area (Å²) in [5.74, 6) is 0. The van der Waals surface area contributed by atoms with Gasteiger partial charge in [-0.15, -0.1) is 0 Å². The van der Waals surface area contributed by atoms with Gasteiger partial charge in [-0.2, -0.15) is 0 Å². The first kappa shape index (κ1) is 7.82. The average molecular weight is 149 g/mol. The molecule has 1 N–H and O–H groups in total. The quantitative estimate of drug-likeness (QED) is 0.653. The number of hydrogen-bond donors (Lipinski definition) is 1. The summed E-state index contributed by atoms with van der Waals surface area (Å²) in [6, 6.07) is 9.25. The van der Waals surface area contributed by atoms with Crippen LogP contribution in [0.2, 0.25) is 0 Å². The van der Waals surface area contributed by atoms with E-state index in [4.69, 9.17) is 0 Å². The fourth-order valence-electron chi connectivity index (χ4n) is 0.790. The summed E-state index contributed by atoms with van der Waals surface area (Å²) in [5.41, 5.74) is 1.34. The molecular weight excluding hydrogens is 138 g/mol. The molecule has 58 valence electrons. The Morgan fingerprint density at radius 1 is 1.36 bits per heavy atom. The molecule has 0 saturated heterocycles. The Bertz CT molecular complexity index is 243. The molecule has 0 bridgehead atoms. The Hall–Kier alpha value is -1.28. The topological polar surface area (TPSA) is 23.5 Å². The fourth-order valence-corrected chi connectivity index (χ4v) is 0.790. The van der Waals surface area contributed by atoms with Gasteiger partial charge in [-0.05, 0) is 19.1 Å². The van der Waals surface area contributed by atoms with Crippen LogP contribution in [0.3, 0.4) is 0 Å². The zero-order chi connectivity index (χ0) is 8.27. The van der Waals surface area contributed by atoms with E-state index < -0.39 is 0 Å². The first-order valence-corrected chi connectivity index (χ1v) is 3.41. The van der Waals surface area contributed by atoms with Crippen molar-refractivity contribution in [2.75, 3.05) is 5.06 Å². The number of hydroxylamine groups is 1. The van der Waals surface area contributed by atoms with Crippen molar-refractivity contribution in [2.24, 2.45) is 0 Å². The molecule has 0 fully saturated rings.